The number of carbonyl (C=O) groups excluding carboxylic acids is 2. The fourth-order valence-electron chi connectivity index (χ4n) is 3.54. The van der Waals surface area contributed by atoms with E-state index in [2.05, 4.69) is 0 Å². The molecule has 1 aliphatic heterocycles. The summed E-state index contributed by atoms with van der Waals surface area (Å²) in [4.78, 5) is 26.9. The van der Waals surface area contributed by atoms with Crippen molar-refractivity contribution < 1.29 is 28.6 Å². The quantitative estimate of drug-likeness (QED) is 0.309. The summed E-state index contributed by atoms with van der Waals surface area (Å²) in [5.41, 5.74) is 0.364. The van der Waals surface area contributed by atoms with Crippen LogP contribution in [0.15, 0.2) is 54.1 Å². The SMILES string of the molecule is CCOc1ccc(C(O)=C2C(=O)C(=O)N(CCCOC)[C@@H]2c2ccccc2F)cc1. The first-order valence-electron chi connectivity index (χ1n) is 9.74. The van der Waals surface area contributed by atoms with Crippen LogP contribution in [0.2, 0.25) is 0 Å². The van der Waals surface area contributed by atoms with E-state index in [1.807, 2.05) is 6.92 Å². The van der Waals surface area contributed by atoms with E-state index in [-0.39, 0.29) is 23.4 Å². The second-order valence-electron chi connectivity index (χ2n) is 6.82. The summed E-state index contributed by atoms with van der Waals surface area (Å²) in [6.45, 7) is 2.92. The summed E-state index contributed by atoms with van der Waals surface area (Å²) >= 11 is 0. The number of rotatable bonds is 8. The van der Waals surface area contributed by atoms with Crippen LogP contribution in [0.3, 0.4) is 0 Å². The van der Waals surface area contributed by atoms with Gasteiger partial charge >= 0.3 is 0 Å². The van der Waals surface area contributed by atoms with Crippen LogP contribution < -0.4 is 4.74 Å². The molecule has 1 fully saturated rings. The van der Waals surface area contributed by atoms with Gasteiger partial charge in [0.05, 0.1) is 18.2 Å². The van der Waals surface area contributed by atoms with E-state index >= 15 is 0 Å². The molecule has 0 unspecified atom stereocenters. The molecule has 0 radical (unpaired) electrons. The van der Waals surface area contributed by atoms with Gasteiger partial charge in [-0.05, 0) is 43.7 Å². The molecule has 7 heteroatoms. The van der Waals surface area contributed by atoms with E-state index < -0.39 is 23.5 Å². The summed E-state index contributed by atoms with van der Waals surface area (Å²) in [6.07, 6.45) is 0.470. The number of halogens is 1. The van der Waals surface area contributed by atoms with Gasteiger partial charge in [0.15, 0.2) is 0 Å². The number of Topliss-reactive ketones (excluding diaryl/α,β-unsaturated/α-hetero) is 1. The van der Waals surface area contributed by atoms with Crippen molar-refractivity contribution in [2.75, 3.05) is 26.9 Å². The normalized spacial score (nSPS) is 18.1. The van der Waals surface area contributed by atoms with Gasteiger partial charge in [0.25, 0.3) is 11.7 Å². The van der Waals surface area contributed by atoms with Gasteiger partial charge in [-0.15, -0.1) is 0 Å². The lowest BCUT2D eigenvalue weighted by Crippen LogP contribution is -2.31. The van der Waals surface area contributed by atoms with Crippen molar-refractivity contribution in [1.29, 1.82) is 0 Å². The van der Waals surface area contributed by atoms with E-state index in [4.69, 9.17) is 9.47 Å². The van der Waals surface area contributed by atoms with Gasteiger partial charge in [0.2, 0.25) is 0 Å². The molecule has 1 amide bonds. The monoisotopic (exact) mass is 413 g/mol. The number of hydrogen-bond donors (Lipinski definition) is 1. The average Bonchev–Trinajstić information content (AvgIpc) is 2.99. The molecule has 1 saturated heterocycles. The van der Waals surface area contributed by atoms with Crippen molar-refractivity contribution in [2.45, 2.75) is 19.4 Å². The smallest absolute Gasteiger partial charge is 0.295 e. The molecule has 1 aliphatic rings. The van der Waals surface area contributed by atoms with E-state index in [0.29, 0.717) is 30.9 Å². The second-order valence-corrected chi connectivity index (χ2v) is 6.82. The molecular weight excluding hydrogens is 389 g/mol. The predicted molar refractivity (Wildman–Crippen MR) is 110 cm³/mol. The highest BCUT2D eigenvalue weighted by Gasteiger charge is 2.46. The molecule has 0 bridgehead atoms. The first-order valence-corrected chi connectivity index (χ1v) is 9.74. The van der Waals surface area contributed by atoms with Crippen molar-refractivity contribution in [3.8, 4) is 5.75 Å². The van der Waals surface area contributed by atoms with Gasteiger partial charge in [0.1, 0.15) is 17.3 Å². The maximum Gasteiger partial charge on any atom is 0.295 e. The molecule has 6 nitrogen and oxygen atoms in total. The Morgan fingerprint density at radius 1 is 1.13 bits per heavy atom. The summed E-state index contributed by atoms with van der Waals surface area (Å²) in [5, 5.41) is 10.9. The molecule has 1 atom stereocenters. The molecule has 30 heavy (non-hydrogen) atoms. The Morgan fingerprint density at radius 3 is 2.47 bits per heavy atom. The number of amides is 1. The second kappa shape index (κ2) is 9.54. The number of carbonyl (C=O) groups is 2. The van der Waals surface area contributed by atoms with Crippen molar-refractivity contribution in [1.82, 2.24) is 4.90 Å². The van der Waals surface area contributed by atoms with Gasteiger partial charge in [0, 0.05) is 31.4 Å². The molecular formula is C23H24FNO5. The summed E-state index contributed by atoms with van der Waals surface area (Å²) < 4.78 is 25.1. The minimum Gasteiger partial charge on any atom is -0.507 e. The molecule has 0 aliphatic carbocycles. The van der Waals surface area contributed by atoms with Crippen molar-refractivity contribution in [2.24, 2.45) is 0 Å². The highest BCUT2D eigenvalue weighted by molar-refractivity contribution is 6.46. The first-order chi connectivity index (χ1) is 14.5. The number of nitrogens with zero attached hydrogens (tertiary/aromatic N) is 1. The third-order valence-electron chi connectivity index (χ3n) is 4.93. The fourth-order valence-corrected chi connectivity index (χ4v) is 3.54. The van der Waals surface area contributed by atoms with Crippen molar-refractivity contribution in [3.63, 3.8) is 0 Å². The van der Waals surface area contributed by atoms with Crippen LogP contribution in [-0.2, 0) is 14.3 Å². The van der Waals surface area contributed by atoms with Crippen molar-refractivity contribution >= 4 is 17.4 Å². The molecule has 0 spiro atoms. The standard InChI is InChI=1S/C23H24FNO5/c1-3-30-16-11-9-15(10-12-16)21(26)19-20(17-7-4-5-8-18(17)24)25(13-6-14-29-2)23(28)22(19)27/h4-5,7-12,20,26H,3,6,13-14H2,1-2H3/t20-/m1/s1. The number of aliphatic hydroxyl groups is 1. The summed E-state index contributed by atoms with van der Waals surface area (Å²) in [6, 6.07) is 11.4. The van der Waals surface area contributed by atoms with Crippen LogP contribution in [0.25, 0.3) is 5.76 Å². The molecule has 1 N–H and O–H groups in total. The molecule has 158 valence electrons. The Balaban J connectivity index is 2.09. The summed E-state index contributed by atoms with van der Waals surface area (Å²) in [7, 11) is 1.54. The fraction of sp³-hybridized carbons (Fsp3) is 0.304. The molecule has 2 aromatic carbocycles. The number of benzene rings is 2. The average molecular weight is 413 g/mol. The van der Waals surface area contributed by atoms with Crippen LogP contribution >= 0.6 is 0 Å². The third kappa shape index (κ3) is 4.21. The van der Waals surface area contributed by atoms with Gasteiger partial charge < -0.3 is 19.5 Å². The molecule has 0 saturated carbocycles. The zero-order valence-electron chi connectivity index (χ0n) is 16.9. The topological polar surface area (TPSA) is 76.1 Å². The molecule has 3 rings (SSSR count). The minimum absolute atomic E-state index is 0.133. The number of methoxy groups -OCH3 is 1. The van der Waals surface area contributed by atoms with Crippen LogP contribution in [-0.4, -0.2) is 48.6 Å². The maximum absolute atomic E-state index is 14.6. The zero-order chi connectivity index (χ0) is 21.7. The van der Waals surface area contributed by atoms with E-state index in [9.17, 15) is 19.1 Å². The predicted octanol–water partition coefficient (Wildman–Crippen LogP) is 3.68. The van der Waals surface area contributed by atoms with Crippen LogP contribution in [0.5, 0.6) is 5.75 Å². The number of likely N-dealkylation sites (tertiary alicyclic amines) is 1. The van der Waals surface area contributed by atoms with Crippen LogP contribution in [0.4, 0.5) is 4.39 Å². The zero-order valence-corrected chi connectivity index (χ0v) is 16.9. The Bertz CT molecular complexity index is 954. The minimum atomic E-state index is -1.02. The van der Waals surface area contributed by atoms with Crippen LogP contribution in [0, 0.1) is 5.82 Å². The highest BCUT2D eigenvalue weighted by Crippen LogP contribution is 2.40. The Labute approximate surface area is 174 Å². The highest BCUT2D eigenvalue weighted by atomic mass is 19.1. The third-order valence-corrected chi connectivity index (χ3v) is 4.93. The molecule has 1 heterocycles. The maximum atomic E-state index is 14.6. The van der Waals surface area contributed by atoms with E-state index in [1.54, 1.807) is 30.3 Å². The Kier molecular flexibility index (Phi) is 6.84. The number of ether oxygens (including phenoxy) is 2. The van der Waals surface area contributed by atoms with Gasteiger partial charge in [-0.3, -0.25) is 9.59 Å². The van der Waals surface area contributed by atoms with Gasteiger partial charge in [-0.25, -0.2) is 4.39 Å². The lowest BCUT2D eigenvalue weighted by molar-refractivity contribution is -0.140. The van der Waals surface area contributed by atoms with Crippen LogP contribution in [0.1, 0.15) is 30.5 Å². The number of ketones is 1. The lowest BCUT2D eigenvalue weighted by atomic mass is 9.95. The van der Waals surface area contributed by atoms with E-state index in [1.165, 1.54) is 30.2 Å². The van der Waals surface area contributed by atoms with E-state index in [0.717, 1.165) is 0 Å². The van der Waals surface area contributed by atoms with Gasteiger partial charge in [-0.2, -0.15) is 0 Å². The number of aliphatic hydroxyl groups excluding tert-OH is 1. The first kappa shape index (κ1) is 21.5. The Morgan fingerprint density at radius 2 is 1.83 bits per heavy atom. The number of hydrogen-bond acceptors (Lipinski definition) is 5. The van der Waals surface area contributed by atoms with Gasteiger partial charge in [-0.1, -0.05) is 18.2 Å². The molecule has 2 aromatic rings. The summed E-state index contributed by atoms with van der Waals surface area (Å²) in [5.74, 6) is -1.91. The largest absolute Gasteiger partial charge is 0.507 e. The Hall–Kier alpha value is -3.19. The lowest BCUT2D eigenvalue weighted by Gasteiger charge is -2.25. The molecule has 0 aromatic heterocycles. The van der Waals surface area contributed by atoms with Crippen molar-refractivity contribution in [3.05, 3.63) is 71.0 Å².